The molecule has 0 amide bonds. The van der Waals surface area contributed by atoms with Crippen molar-refractivity contribution < 1.29 is 0 Å². The quantitative estimate of drug-likeness (QED) is 0.743. The van der Waals surface area contributed by atoms with E-state index in [2.05, 4.69) is 25.2 Å². The number of benzene rings is 1. The summed E-state index contributed by atoms with van der Waals surface area (Å²) in [5.74, 6) is 1.68. The van der Waals surface area contributed by atoms with Crippen LogP contribution in [0, 0.1) is 0 Å². The van der Waals surface area contributed by atoms with Gasteiger partial charge >= 0.3 is 0 Å². The smallest absolute Gasteiger partial charge is 0.158 e. The van der Waals surface area contributed by atoms with Crippen LogP contribution in [0.1, 0.15) is 0 Å². The summed E-state index contributed by atoms with van der Waals surface area (Å²) in [4.78, 5) is 19.1. The second kappa shape index (κ2) is 5.14. The summed E-state index contributed by atoms with van der Waals surface area (Å²) >= 11 is 0. The lowest BCUT2D eigenvalue weighted by atomic mass is 10.3. The highest BCUT2D eigenvalue weighted by Gasteiger charge is 2.14. The Bertz CT molecular complexity index is 726. The minimum Gasteiger partial charge on any atom is -0.353 e. The zero-order valence-electron chi connectivity index (χ0n) is 11.6. The fraction of sp³-hybridized carbons (Fsp3) is 0.267. The SMILES string of the molecule is c1ccc2[nH]c(-c3cncc(N4CCNCC4)n3)nc2c1. The second-order valence-electron chi connectivity index (χ2n) is 5.10. The van der Waals surface area contributed by atoms with E-state index in [1.807, 2.05) is 30.5 Å². The van der Waals surface area contributed by atoms with E-state index in [1.165, 1.54) is 0 Å². The number of nitrogens with zero attached hydrogens (tertiary/aromatic N) is 4. The third-order valence-electron chi connectivity index (χ3n) is 3.69. The Morgan fingerprint density at radius 3 is 2.71 bits per heavy atom. The highest BCUT2D eigenvalue weighted by molar-refractivity contribution is 5.78. The summed E-state index contributed by atoms with van der Waals surface area (Å²) in [7, 11) is 0. The zero-order chi connectivity index (χ0) is 14.1. The predicted octanol–water partition coefficient (Wildman–Crippen LogP) is 1.43. The average Bonchev–Trinajstić information content (AvgIpc) is 3.00. The Labute approximate surface area is 122 Å². The third-order valence-corrected chi connectivity index (χ3v) is 3.69. The molecule has 0 atom stereocenters. The van der Waals surface area contributed by atoms with E-state index in [4.69, 9.17) is 4.98 Å². The summed E-state index contributed by atoms with van der Waals surface area (Å²) in [5.41, 5.74) is 2.74. The molecule has 0 spiro atoms. The standard InChI is InChI=1S/C15H16N6/c1-2-4-12-11(3-1)19-15(20-12)13-9-17-10-14(18-13)21-7-5-16-6-8-21/h1-4,9-10,16H,5-8H2,(H,19,20). The Morgan fingerprint density at radius 1 is 1.00 bits per heavy atom. The Balaban J connectivity index is 1.71. The van der Waals surface area contributed by atoms with Crippen LogP contribution in [0.15, 0.2) is 36.7 Å². The molecule has 0 unspecified atom stereocenters. The molecule has 106 valence electrons. The van der Waals surface area contributed by atoms with E-state index >= 15 is 0 Å². The monoisotopic (exact) mass is 280 g/mol. The van der Waals surface area contributed by atoms with E-state index in [9.17, 15) is 0 Å². The molecular weight excluding hydrogens is 264 g/mol. The van der Waals surface area contributed by atoms with Gasteiger partial charge in [0.25, 0.3) is 0 Å². The predicted molar refractivity (Wildman–Crippen MR) is 82.2 cm³/mol. The normalized spacial score (nSPS) is 15.5. The highest BCUT2D eigenvalue weighted by Crippen LogP contribution is 2.20. The maximum atomic E-state index is 4.70. The molecule has 1 saturated heterocycles. The van der Waals surface area contributed by atoms with Crippen LogP contribution in [0.25, 0.3) is 22.6 Å². The number of aromatic amines is 1. The van der Waals surface area contributed by atoms with Crippen molar-refractivity contribution in [1.82, 2.24) is 25.3 Å². The van der Waals surface area contributed by atoms with Crippen molar-refractivity contribution in [3.05, 3.63) is 36.7 Å². The van der Waals surface area contributed by atoms with Gasteiger partial charge in [-0.2, -0.15) is 0 Å². The number of imidazole rings is 1. The number of rotatable bonds is 2. The van der Waals surface area contributed by atoms with Gasteiger partial charge in [-0.25, -0.2) is 9.97 Å². The van der Waals surface area contributed by atoms with E-state index in [1.54, 1.807) is 6.20 Å². The van der Waals surface area contributed by atoms with Crippen molar-refractivity contribution in [1.29, 1.82) is 0 Å². The maximum Gasteiger partial charge on any atom is 0.158 e. The number of para-hydroxylation sites is 2. The van der Waals surface area contributed by atoms with Crippen LogP contribution in [0.4, 0.5) is 5.82 Å². The van der Waals surface area contributed by atoms with Crippen molar-refractivity contribution in [3.8, 4) is 11.5 Å². The van der Waals surface area contributed by atoms with Gasteiger partial charge in [-0.15, -0.1) is 0 Å². The molecule has 1 fully saturated rings. The van der Waals surface area contributed by atoms with Gasteiger partial charge in [0.05, 0.1) is 23.4 Å². The van der Waals surface area contributed by atoms with Crippen LogP contribution in [0.5, 0.6) is 0 Å². The van der Waals surface area contributed by atoms with Crippen LogP contribution in [0.2, 0.25) is 0 Å². The highest BCUT2D eigenvalue weighted by atomic mass is 15.2. The number of H-pyrrole nitrogens is 1. The first-order valence-corrected chi connectivity index (χ1v) is 7.13. The molecule has 1 aliphatic rings. The number of hydrogen-bond acceptors (Lipinski definition) is 5. The maximum absolute atomic E-state index is 4.70. The number of piperazine rings is 1. The Hall–Kier alpha value is -2.47. The van der Waals surface area contributed by atoms with Crippen LogP contribution in [0.3, 0.4) is 0 Å². The number of nitrogens with one attached hydrogen (secondary N) is 2. The lowest BCUT2D eigenvalue weighted by molar-refractivity contribution is 0.584. The fourth-order valence-corrected chi connectivity index (χ4v) is 2.59. The number of anilines is 1. The molecule has 3 heterocycles. The molecule has 3 aromatic rings. The molecule has 21 heavy (non-hydrogen) atoms. The van der Waals surface area contributed by atoms with Crippen molar-refractivity contribution in [2.75, 3.05) is 31.1 Å². The fourth-order valence-electron chi connectivity index (χ4n) is 2.59. The third kappa shape index (κ3) is 2.34. The first kappa shape index (κ1) is 12.3. The molecule has 1 aromatic carbocycles. The summed E-state index contributed by atoms with van der Waals surface area (Å²) in [6, 6.07) is 7.98. The van der Waals surface area contributed by atoms with E-state index in [-0.39, 0.29) is 0 Å². The first-order valence-electron chi connectivity index (χ1n) is 7.13. The van der Waals surface area contributed by atoms with Crippen molar-refractivity contribution in [2.24, 2.45) is 0 Å². The van der Waals surface area contributed by atoms with Gasteiger partial charge in [-0.1, -0.05) is 12.1 Å². The van der Waals surface area contributed by atoms with Crippen molar-refractivity contribution in [2.45, 2.75) is 0 Å². The van der Waals surface area contributed by atoms with E-state index < -0.39 is 0 Å². The lowest BCUT2D eigenvalue weighted by Crippen LogP contribution is -2.43. The molecule has 0 aliphatic carbocycles. The Kier molecular flexibility index (Phi) is 3.01. The van der Waals surface area contributed by atoms with Gasteiger partial charge in [0.15, 0.2) is 5.82 Å². The molecule has 2 aromatic heterocycles. The van der Waals surface area contributed by atoms with Crippen LogP contribution in [-0.4, -0.2) is 46.1 Å². The van der Waals surface area contributed by atoms with E-state index in [0.29, 0.717) is 0 Å². The van der Waals surface area contributed by atoms with Gasteiger partial charge in [0, 0.05) is 26.2 Å². The van der Waals surface area contributed by atoms with Crippen molar-refractivity contribution in [3.63, 3.8) is 0 Å². The first-order chi connectivity index (χ1) is 10.4. The molecule has 1 aliphatic heterocycles. The number of fused-ring (bicyclic) bond motifs is 1. The molecule has 0 radical (unpaired) electrons. The number of aromatic nitrogens is 4. The van der Waals surface area contributed by atoms with Crippen LogP contribution in [-0.2, 0) is 0 Å². The largest absolute Gasteiger partial charge is 0.353 e. The van der Waals surface area contributed by atoms with Crippen LogP contribution >= 0.6 is 0 Å². The summed E-state index contributed by atoms with van der Waals surface area (Å²) in [5, 5.41) is 3.34. The summed E-state index contributed by atoms with van der Waals surface area (Å²) in [6.45, 7) is 3.88. The molecule has 0 saturated carbocycles. The summed E-state index contributed by atoms with van der Waals surface area (Å²) < 4.78 is 0. The molecule has 4 rings (SSSR count). The lowest BCUT2D eigenvalue weighted by Gasteiger charge is -2.28. The van der Waals surface area contributed by atoms with E-state index in [0.717, 1.165) is 54.5 Å². The van der Waals surface area contributed by atoms with Crippen LogP contribution < -0.4 is 10.2 Å². The average molecular weight is 280 g/mol. The molecular formula is C15H16N6. The van der Waals surface area contributed by atoms with Gasteiger partial charge in [0.1, 0.15) is 11.5 Å². The Morgan fingerprint density at radius 2 is 1.86 bits per heavy atom. The molecule has 2 N–H and O–H groups in total. The minimum atomic E-state index is 0.765. The van der Waals surface area contributed by atoms with Gasteiger partial charge in [0.2, 0.25) is 0 Å². The minimum absolute atomic E-state index is 0.765. The zero-order valence-corrected chi connectivity index (χ0v) is 11.6. The summed E-state index contributed by atoms with van der Waals surface area (Å²) in [6.07, 6.45) is 3.57. The second-order valence-corrected chi connectivity index (χ2v) is 5.10. The van der Waals surface area contributed by atoms with Gasteiger partial charge < -0.3 is 15.2 Å². The molecule has 6 nitrogen and oxygen atoms in total. The van der Waals surface area contributed by atoms with Crippen molar-refractivity contribution >= 4 is 16.9 Å². The molecule has 6 heteroatoms. The molecule has 0 bridgehead atoms. The van der Waals surface area contributed by atoms with Gasteiger partial charge in [-0.3, -0.25) is 4.98 Å². The topological polar surface area (TPSA) is 69.7 Å². The van der Waals surface area contributed by atoms with Gasteiger partial charge in [-0.05, 0) is 12.1 Å². The number of hydrogen-bond donors (Lipinski definition) is 2.